The highest BCUT2D eigenvalue weighted by Crippen LogP contribution is 2.47. The summed E-state index contributed by atoms with van der Waals surface area (Å²) >= 11 is 5.70. The van der Waals surface area contributed by atoms with Crippen molar-refractivity contribution in [2.75, 3.05) is 6.54 Å². The van der Waals surface area contributed by atoms with Gasteiger partial charge in [-0.3, -0.25) is 0 Å². The highest BCUT2D eigenvalue weighted by Gasteiger charge is 2.42. The van der Waals surface area contributed by atoms with Gasteiger partial charge in [-0.15, -0.1) is 24.0 Å². The van der Waals surface area contributed by atoms with Crippen LogP contribution in [0.1, 0.15) is 39.0 Å². The van der Waals surface area contributed by atoms with Gasteiger partial charge in [-0.2, -0.15) is 0 Å². The smallest absolute Gasteiger partial charge is 0.0567 e. The van der Waals surface area contributed by atoms with E-state index < -0.39 is 0 Å². The summed E-state index contributed by atoms with van der Waals surface area (Å²) in [5, 5.41) is 5.60. The molecule has 1 saturated carbocycles. The number of rotatable bonds is 1. The topological polar surface area (TPSA) is 75.0 Å². The van der Waals surface area contributed by atoms with Gasteiger partial charge in [0.25, 0.3) is 0 Å². The van der Waals surface area contributed by atoms with E-state index in [1.165, 1.54) is 38.6 Å². The highest BCUT2D eigenvalue weighted by atomic mass is 32.2. The van der Waals surface area contributed by atoms with Crippen LogP contribution in [0.15, 0.2) is 21.7 Å². The van der Waals surface area contributed by atoms with Crippen molar-refractivity contribution >= 4 is 24.0 Å². The van der Waals surface area contributed by atoms with E-state index in [1.54, 1.807) is 11.3 Å². The standard InChI is InChI=1S/C9H17N.C4H4S2.2H2O/c1-2-8-6-9(7-10-8)4-3-5-9;5-4-2-1-3-6-4;;/h8,10H,2-7H2,1H3;1-3,5H;2*1H2. The molecular formula is C13H25NO2S2. The molecule has 2 fully saturated rings. The zero-order chi connectivity index (χ0) is 11.4. The Kier molecular flexibility index (Phi) is 8.14. The SMILES string of the molecule is CCC1CC2(CCC2)CN1.O.O.Sc1cccs1. The van der Waals surface area contributed by atoms with Crippen LogP contribution >= 0.6 is 24.0 Å². The lowest BCUT2D eigenvalue weighted by Crippen LogP contribution is -2.31. The Morgan fingerprint density at radius 3 is 2.39 bits per heavy atom. The number of nitrogens with one attached hydrogen (secondary N) is 1. The van der Waals surface area contributed by atoms with Crippen LogP contribution in [-0.2, 0) is 0 Å². The summed E-state index contributed by atoms with van der Waals surface area (Å²) in [5.41, 5.74) is 0.778. The van der Waals surface area contributed by atoms with Crippen LogP contribution < -0.4 is 5.32 Å². The number of thiophene rings is 1. The van der Waals surface area contributed by atoms with E-state index >= 15 is 0 Å². The number of thiol groups is 1. The Balaban J connectivity index is 0.000000319. The summed E-state index contributed by atoms with van der Waals surface area (Å²) in [6, 6.07) is 4.79. The third kappa shape index (κ3) is 4.55. The minimum Gasteiger partial charge on any atom is -0.412 e. The van der Waals surface area contributed by atoms with Crippen molar-refractivity contribution in [3.8, 4) is 0 Å². The Labute approximate surface area is 119 Å². The molecule has 1 aliphatic carbocycles. The van der Waals surface area contributed by atoms with Gasteiger partial charge in [-0.25, -0.2) is 0 Å². The van der Waals surface area contributed by atoms with Gasteiger partial charge in [0.1, 0.15) is 0 Å². The molecule has 0 bridgehead atoms. The molecule has 2 aliphatic rings. The van der Waals surface area contributed by atoms with E-state index in [4.69, 9.17) is 0 Å². The van der Waals surface area contributed by atoms with Crippen molar-refractivity contribution in [2.24, 2.45) is 5.41 Å². The molecule has 5 N–H and O–H groups in total. The lowest BCUT2D eigenvalue weighted by molar-refractivity contribution is 0.158. The molecule has 106 valence electrons. The fourth-order valence-electron chi connectivity index (χ4n) is 2.64. The molecule has 1 spiro atoms. The molecule has 0 amide bonds. The lowest BCUT2D eigenvalue weighted by atomic mass is 9.67. The highest BCUT2D eigenvalue weighted by molar-refractivity contribution is 7.82. The first kappa shape index (κ1) is 17.9. The van der Waals surface area contributed by atoms with E-state index in [0.717, 1.165) is 15.7 Å². The normalized spacial score (nSPS) is 23.1. The van der Waals surface area contributed by atoms with E-state index in [0.29, 0.717) is 0 Å². The van der Waals surface area contributed by atoms with Crippen molar-refractivity contribution < 1.29 is 11.0 Å². The maximum atomic E-state index is 4.05. The molecule has 3 nitrogen and oxygen atoms in total. The molecule has 3 rings (SSSR count). The molecule has 1 aliphatic heterocycles. The van der Waals surface area contributed by atoms with Crippen LogP contribution in [0.3, 0.4) is 0 Å². The van der Waals surface area contributed by atoms with E-state index in [1.807, 2.05) is 17.5 Å². The van der Waals surface area contributed by atoms with Crippen molar-refractivity contribution in [3.63, 3.8) is 0 Å². The summed E-state index contributed by atoms with van der Waals surface area (Å²) in [7, 11) is 0. The Morgan fingerprint density at radius 1 is 1.44 bits per heavy atom. The largest absolute Gasteiger partial charge is 0.412 e. The first-order valence-electron chi connectivity index (χ1n) is 6.20. The molecule has 1 atom stereocenters. The van der Waals surface area contributed by atoms with Gasteiger partial charge >= 0.3 is 0 Å². The summed E-state index contributed by atoms with van der Waals surface area (Å²) in [6.45, 7) is 3.60. The molecule has 0 radical (unpaired) electrons. The predicted molar refractivity (Wildman–Crippen MR) is 81.8 cm³/mol. The molecule has 1 aromatic rings. The van der Waals surface area contributed by atoms with Crippen molar-refractivity contribution in [1.82, 2.24) is 5.32 Å². The molecule has 0 aromatic carbocycles. The van der Waals surface area contributed by atoms with Gasteiger partial charge in [-0.05, 0) is 42.5 Å². The van der Waals surface area contributed by atoms with Crippen LogP contribution in [0.5, 0.6) is 0 Å². The molecule has 1 saturated heterocycles. The van der Waals surface area contributed by atoms with Crippen LogP contribution in [0, 0.1) is 5.41 Å². The fourth-order valence-corrected chi connectivity index (χ4v) is 3.37. The van der Waals surface area contributed by atoms with Gasteiger partial charge in [0.05, 0.1) is 4.21 Å². The molecule has 5 heteroatoms. The molecule has 1 aromatic heterocycles. The van der Waals surface area contributed by atoms with Gasteiger partial charge < -0.3 is 16.3 Å². The second-order valence-electron chi connectivity index (χ2n) is 5.00. The summed E-state index contributed by atoms with van der Waals surface area (Å²) in [5.74, 6) is 0. The molecule has 1 unspecified atom stereocenters. The summed E-state index contributed by atoms with van der Waals surface area (Å²) < 4.78 is 1.08. The zero-order valence-electron chi connectivity index (χ0n) is 10.9. The number of hydrogen-bond acceptors (Lipinski definition) is 3. The fraction of sp³-hybridized carbons (Fsp3) is 0.692. The van der Waals surface area contributed by atoms with E-state index in [2.05, 4.69) is 24.9 Å². The van der Waals surface area contributed by atoms with Gasteiger partial charge in [0.15, 0.2) is 0 Å². The van der Waals surface area contributed by atoms with Crippen LogP contribution in [0.2, 0.25) is 0 Å². The van der Waals surface area contributed by atoms with Gasteiger partial charge in [-0.1, -0.05) is 19.4 Å². The van der Waals surface area contributed by atoms with Crippen molar-refractivity contribution in [1.29, 1.82) is 0 Å². The molecule has 18 heavy (non-hydrogen) atoms. The summed E-state index contributed by atoms with van der Waals surface area (Å²) in [4.78, 5) is 0. The van der Waals surface area contributed by atoms with E-state index in [9.17, 15) is 0 Å². The Morgan fingerprint density at radius 2 is 2.17 bits per heavy atom. The average Bonchev–Trinajstić information content (AvgIpc) is 2.85. The van der Waals surface area contributed by atoms with Gasteiger partial charge in [0.2, 0.25) is 0 Å². The number of hydrogen-bond donors (Lipinski definition) is 2. The monoisotopic (exact) mass is 291 g/mol. The quantitative estimate of drug-likeness (QED) is 0.766. The third-order valence-electron chi connectivity index (χ3n) is 3.86. The van der Waals surface area contributed by atoms with E-state index in [-0.39, 0.29) is 11.0 Å². The molecule has 2 heterocycles. The minimum atomic E-state index is 0. The average molecular weight is 291 g/mol. The first-order chi connectivity index (χ1) is 7.74. The first-order valence-corrected chi connectivity index (χ1v) is 7.53. The van der Waals surface area contributed by atoms with Crippen molar-refractivity contribution in [2.45, 2.75) is 49.3 Å². The third-order valence-corrected chi connectivity index (χ3v) is 4.99. The second kappa shape index (κ2) is 8.17. The predicted octanol–water partition coefficient (Wildman–Crippen LogP) is 2.32. The summed E-state index contributed by atoms with van der Waals surface area (Å²) in [6.07, 6.45) is 7.26. The lowest BCUT2D eigenvalue weighted by Gasteiger charge is -2.37. The zero-order valence-corrected chi connectivity index (χ0v) is 12.6. The van der Waals surface area contributed by atoms with Crippen LogP contribution in [0.25, 0.3) is 0 Å². The van der Waals surface area contributed by atoms with Gasteiger partial charge in [0, 0.05) is 12.6 Å². The van der Waals surface area contributed by atoms with Crippen LogP contribution in [0.4, 0.5) is 0 Å². The minimum absolute atomic E-state index is 0. The van der Waals surface area contributed by atoms with Crippen molar-refractivity contribution in [3.05, 3.63) is 17.5 Å². The Bertz CT molecular complexity index is 313. The second-order valence-corrected chi connectivity index (χ2v) is 6.73. The Hall–Kier alpha value is -0.0700. The maximum Gasteiger partial charge on any atom is 0.0567 e. The van der Waals surface area contributed by atoms with Crippen LogP contribution in [-0.4, -0.2) is 23.5 Å². The maximum absolute atomic E-state index is 4.05. The molecular weight excluding hydrogens is 266 g/mol.